The minimum absolute atomic E-state index is 0.0686. The van der Waals surface area contributed by atoms with Crippen molar-refractivity contribution in [1.82, 2.24) is 14.9 Å². The van der Waals surface area contributed by atoms with E-state index < -0.39 is 5.41 Å². The van der Waals surface area contributed by atoms with Crippen molar-refractivity contribution in [2.24, 2.45) is 5.41 Å². The summed E-state index contributed by atoms with van der Waals surface area (Å²) in [6.45, 7) is 7.27. The molecule has 1 aromatic rings. The number of methoxy groups -OCH3 is 1. The first-order valence-corrected chi connectivity index (χ1v) is 9.46. The maximum absolute atomic E-state index is 11.9. The number of aryl methyl sites for hydroxylation is 1. The number of nitrogen functional groups attached to an aromatic ring is 1. The van der Waals surface area contributed by atoms with E-state index in [1.807, 2.05) is 0 Å². The summed E-state index contributed by atoms with van der Waals surface area (Å²) in [6, 6.07) is 0. The van der Waals surface area contributed by atoms with Crippen molar-refractivity contribution in [3.63, 3.8) is 0 Å². The first-order chi connectivity index (χ1) is 12.7. The van der Waals surface area contributed by atoms with Gasteiger partial charge in [-0.2, -0.15) is 0 Å². The summed E-state index contributed by atoms with van der Waals surface area (Å²) in [7, 11) is 1.35. The highest BCUT2D eigenvalue weighted by atomic mass is 32.2. The Balaban J connectivity index is 3.04. The van der Waals surface area contributed by atoms with Crippen LogP contribution in [0.1, 0.15) is 38.6 Å². The summed E-state index contributed by atoms with van der Waals surface area (Å²) in [5, 5.41) is 9.40. The third-order valence-corrected chi connectivity index (χ3v) is 5.72. The molecule has 0 aliphatic carbocycles. The molecule has 0 aliphatic rings. The average Bonchev–Trinajstić information content (AvgIpc) is 2.63. The smallest absolute Gasteiger partial charge is 0.312 e. The number of carbonyl (C=O) groups excluding carboxylic acids is 2. The Morgan fingerprint density at radius 2 is 2.15 bits per heavy atom. The number of aromatic nitrogens is 2. The quantitative estimate of drug-likeness (QED) is 0.454. The predicted octanol–water partition coefficient (Wildman–Crippen LogP) is 1.87. The van der Waals surface area contributed by atoms with Crippen LogP contribution in [0.4, 0.5) is 5.82 Å². The molecule has 150 valence electrons. The molecule has 0 unspecified atom stereocenters. The second-order valence-electron chi connectivity index (χ2n) is 6.71. The number of aliphatic hydroxyl groups excluding tert-OH is 1. The second kappa shape index (κ2) is 10.3. The number of nitrogens with two attached hydrogens (primary N) is 1. The number of aliphatic hydroxyl groups is 1. The number of esters is 1. The SMILES string of the molecule is COC(=O)C(C)(C)CS/C(CCO)=C(/C)N(C=O)Cc1cnc(C)nc1N. The number of nitrogens with zero attached hydrogens (tertiary/aromatic N) is 3. The first kappa shape index (κ1) is 22.9. The van der Waals surface area contributed by atoms with E-state index in [4.69, 9.17) is 10.5 Å². The molecule has 0 aromatic carbocycles. The summed E-state index contributed by atoms with van der Waals surface area (Å²) in [5.74, 6) is 1.02. The predicted molar refractivity (Wildman–Crippen MR) is 105 cm³/mol. The summed E-state index contributed by atoms with van der Waals surface area (Å²) >= 11 is 1.42. The van der Waals surface area contributed by atoms with Gasteiger partial charge >= 0.3 is 5.97 Å². The zero-order valence-corrected chi connectivity index (χ0v) is 17.3. The highest BCUT2D eigenvalue weighted by Crippen LogP contribution is 2.32. The fraction of sp³-hybridized carbons (Fsp3) is 0.556. The molecule has 8 nitrogen and oxygen atoms in total. The Morgan fingerprint density at radius 1 is 1.48 bits per heavy atom. The van der Waals surface area contributed by atoms with Crippen molar-refractivity contribution in [2.45, 2.75) is 40.7 Å². The van der Waals surface area contributed by atoms with Gasteiger partial charge < -0.3 is 20.5 Å². The van der Waals surface area contributed by atoms with E-state index in [9.17, 15) is 14.7 Å². The van der Waals surface area contributed by atoms with Gasteiger partial charge in [-0.25, -0.2) is 9.97 Å². The van der Waals surface area contributed by atoms with E-state index >= 15 is 0 Å². The van der Waals surface area contributed by atoms with E-state index in [-0.39, 0.29) is 19.1 Å². The zero-order valence-electron chi connectivity index (χ0n) is 16.5. The van der Waals surface area contributed by atoms with Crippen molar-refractivity contribution in [2.75, 3.05) is 25.2 Å². The fourth-order valence-corrected chi connectivity index (χ4v) is 3.49. The molecule has 1 aromatic heterocycles. The molecule has 1 amide bonds. The average molecular weight is 397 g/mol. The van der Waals surface area contributed by atoms with E-state index in [2.05, 4.69) is 9.97 Å². The molecule has 0 atom stereocenters. The van der Waals surface area contributed by atoms with Gasteiger partial charge in [-0.05, 0) is 27.7 Å². The third kappa shape index (κ3) is 6.51. The fourth-order valence-electron chi connectivity index (χ4n) is 2.27. The summed E-state index contributed by atoms with van der Waals surface area (Å²) in [5.41, 5.74) is 6.54. The number of rotatable bonds is 10. The summed E-state index contributed by atoms with van der Waals surface area (Å²) in [4.78, 5) is 34.1. The van der Waals surface area contributed by atoms with Gasteiger partial charge in [0, 0.05) is 41.1 Å². The molecule has 0 spiro atoms. The largest absolute Gasteiger partial charge is 0.469 e. The summed E-state index contributed by atoms with van der Waals surface area (Å²) in [6.07, 6.45) is 2.68. The number of hydrogen-bond donors (Lipinski definition) is 2. The molecule has 9 heteroatoms. The highest BCUT2D eigenvalue weighted by molar-refractivity contribution is 8.03. The van der Waals surface area contributed by atoms with Crippen LogP contribution in [-0.4, -0.2) is 51.8 Å². The minimum atomic E-state index is -0.693. The molecule has 0 aliphatic heterocycles. The van der Waals surface area contributed by atoms with E-state index in [0.29, 0.717) is 41.5 Å². The van der Waals surface area contributed by atoms with Crippen LogP contribution in [0.15, 0.2) is 16.8 Å². The van der Waals surface area contributed by atoms with Crippen LogP contribution >= 0.6 is 11.8 Å². The van der Waals surface area contributed by atoms with Crippen LogP contribution in [0.3, 0.4) is 0 Å². The van der Waals surface area contributed by atoms with E-state index in [1.54, 1.807) is 33.9 Å². The molecular formula is C18H28N4O4S. The number of amides is 1. The molecular weight excluding hydrogens is 368 g/mol. The molecule has 1 heterocycles. The molecule has 0 fully saturated rings. The van der Waals surface area contributed by atoms with Gasteiger partial charge in [0.2, 0.25) is 6.41 Å². The van der Waals surface area contributed by atoms with Gasteiger partial charge in [0.15, 0.2) is 0 Å². The molecule has 1 rings (SSSR count). The maximum Gasteiger partial charge on any atom is 0.312 e. The van der Waals surface area contributed by atoms with Crippen LogP contribution in [0.2, 0.25) is 0 Å². The maximum atomic E-state index is 11.9. The molecule has 0 saturated heterocycles. The highest BCUT2D eigenvalue weighted by Gasteiger charge is 2.29. The Hall–Kier alpha value is -2.13. The normalized spacial score (nSPS) is 12.4. The van der Waals surface area contributed by atoms with Crippen LogP contribution in [-0.2, 0) is 20.9 Å². The standard InChI is InChI=1S/C18H28N4O4S/c1-12(15(6-7-23)27-10-18(3,4)17(25)26-5)22(11-24)9-14-8-20-13(2)21-16(14)19/h8,11,23H,6-7,9-10H2,1-5H3,(H2,19,20,21)/b15-12-. The Kier molecular flexibility index (Phi) is 8.71. The monoisotopic (exact) mass is 396 g/mol. The molecule has 0 saturated carbocycles. The minimum Gasteiger partial charge on any atom is -0.469 e. The van der Waals surface area contributed by atoms with Crippen molar-refractivity contribution < 1.29 is 19.4 Å². The Morgan fingerprint density at radius 3 is 2.67 bits per heavy atom. The van der Waals surface area contributed by atoms with Crippen LogP contribution in [0, 0.1) is 12.3 Å². The van der Waals surface area contributed by atoms with Gasteiger partial charge in [-0.3, -0.25) is 9.59 Å². The Bertz CT molecular complexity index is 707. The Labute approximate surface area is 164 Å². The lowest BCUT2D eigenvalue weighted by Gasteiger charge is -2.25. The lowest BCUT2D eigenvalue weighted by molar-refractivity contribution is -0.149. The van der Waals surface area contributed by atoms with Crippen molar-refractivity contribution in [1.29, 1.82) is 0 Å². The van der Waals surface area contributed by atoms with E-state index in [1.165, 1.54) is 23.8 Å². The lowest BCUT2D eigenvalue weighted by Crippen LogP contribution is -2.28. The van der Waals surface area contributed by atoms with E-state index in [0.717, 1.165) is 4.91 Å². The first-order valence-electron chi connectivity index (χ1n) is 8.48. The van der Waals surface area contributed by atoms with Crippen molar-refractivity contribution in [3.05, 3.63) is 28.2 Å². The van der Waals surface area contributed by atoms with Gasteiger partial charge in [0.1, 0.15) is 11.6 Å². The number of ether oxygens (including phenoxy) is 1. The topological polar surface area (TPSA) is 119 Å². The number of carbonyl (C=O) groups is 2. The molecule has 0 radical (unpaired) electrons. The van der Waals surface area contributed by atoms with Crippen LogP contribution in [0.5, 0.6) is 0 Å². The van der Waals surface area contributed by atoms with Gasteiger partial charge in [0.05, 0.1) is 19.1 Å². The number of allylic oxidation sites excluding steroid dienone is 1. The molecule has 3 N–H and O–H groups in total. The van der Waals surface area contributed by atoms with Crippen LogP contribution in [0.25, 0.3) is 0 Å². The number of thioether (sulfide) groups is 1. The lowest BCUT2D eigenvalue weighted by atomic mass is 9.97. The van der Waals surface area contributed by atoms with Crippen LogP contribution < -0.4 is 5.73 Å². The molecule has 27 heavy (non-hydrogen) atoms. The van der Waals surface area contributed by atoms with Gasteiger partial charge in [0.25, 0.3) is 0 Å². The summed E-state index contributed by atoms with van der Waals surface area (Å²) < 4.78 is 4.83. The van der Waals surface area contributed by atoms with Crippen molar-refractivity contribution in [3.8, 4) is 0 Å². The zero-order chi connectivity index (χ0) is 20.6. The number of anilines is 1. The third-order valence-electron chi connectivity index (χ3n) is 4.00. The van der Waals surface area contributed by atoms with Gasteiger partial charge in [-0.15, -0.1) is 11.8 Å². The molecule has 0 bridgehead atoms. The number of hydrogen-bond acceptors (Lipinski definition) is 8. The van der Waals surface area contributed by atoms with Crippen molar-refractivity contribution >= 4 is 30.0 Å². The second-order valence-corrected chi connectivity index (χ2v) is 7.78. The van der Waals surface area contributed by atoms with Gasteiger partial charge in [-0.1, -0.05) is 0 Å².